The third kappa shape index (κ3) is 3.55. The van der Waals surface area contributed by atoms with Gasteiger partial charge in [-0.1, -0.05) is 36.4 Å². The van der Waals surface area contributed by atoms with Crippen LogP contribution in [0.2, 0.25) is 0 Å². The lowest BCUT2D eigenvalue weighted by Crippen LogP contribution is -2.28. The van der Waals surface area contributed by atoms with Crippen molar-refractivity contribution in [2.45, 2.75) is 45.8 Å². The van der Waals surface area contributed by atoms with Crippen LogP contribution in [0.3, 0.4) is 0 Å². The largest absolute Gasteiger partial charge is 0.230 e. The molecule has 0 fully saturated rings. The van der Waals surface area contributed by atoms with Crippen molar-refractivity contribution in [1.82, 2.24) is 0 Å². The number of fused-ring (bicyclic) bond motifs is 1. The van der Waals surface area contributed by atoms with Gasteiger partial charge >= 0.3 is 0 Å². The zero-order valence-corrected chi connectivity index (χ0v) is 12.4. The van der Waals surface area contributed by atoms with Gasteiger partial charge in [-0.25, -0.2) is 9.78 Å². The van der Waals surface area contributed by atoms with E-state index in [0.29, 0.717) is 0 Å². The quantitative estimate of drug-likeness (QED) is 0.580. The highest BCUT2D eigenvalue weighted by molar-refractivity contribution is 5.83. The Balaban J connectivity index is 2.27. The second-order valence-corrected chi connectivity index (χ2v) is 6.35. The van der Waals surface area contributed by atoms with E-state index in [2.05, 4.69) is 30.3 Å². The van der Waals surface area contributed by atoms with Gasteiger partial charge in [0.05, 0.1) is 5.60 Å². The zero-order valence-electron chi connectivity index (χ0n) is 12.4. The second kappa shape index (κ2) is 4.95. The first kappa shape index (κ1) is 14.0. The van der Waals surface area contributed by atoms with Crippen molar-refractivity contribution in [2.24, 2.45) is 0 Å². The second-order valence-electron chi connectivity index (χ2n) is 6.35. The number of rotatable bonds is 3. The molecule has 0 unspecified atom stereocenters. The molecule has 0 saturated heterocycles. The Labute approximate surface area is 115 Å². The maximum atomic E-state index is 5.63. The number of hydrogen-bond donors (Lipinski definition) is 0. The molecule has 0 spiro atoms. The summed E-state index contributed by atoms with van der Waals surface area (Å²) in [6.07, 6.45) is 0. The molecule has 19 heavy (non-hydrogen) atoms. The lowest BCUT2D eigenvalue weighted by Gasteiger charge is -2.29. The molecule has 0 atom stereocenters. The van der Waals surface area contributed by atoms with E-state index in [1.807, 2.05) is 46.8 Å². The van der Waals surface area contributed by atoms with Crippen LogP contribution < -0.4 is 0 Å². The van der Waals surface area contributed by atoms with E-state index in [1.54, 1.807) is 0 Å². The van der Waals surface area contributed by atoms with Crippen LogP contribution in [0.5, 0.6) is 0 Å². The number of hydrogen-bond acceptors (Lipinski definition) is 2. The van der Waals surface area contributed by atoms with Crippen LogP contribution in [0.4, 0.5) is 0 Å². The van der Waals surface area contributed by atoms with Gasteiger partial charge in [-0.2, -0.15) is 0 Å². The molecule has 102 valence electrons. The van der Waals surface area contributed by atoms with Crippen LogP contribution in [-0.2, 0) is 15.4 Å². The minimum Gasteiger partial charge on any atom is -0.230 e. The fraction of sp³-hybridized carbons (Fsp3) is 0.412. The van der Waals surface area contributed by atoms with Gasteiger partial charge in [-0.3, -0.25) is 0 Å². The molecule has 0 radical (unpaired) electrons. The first-order valence-corrected chi connectivity index (χ1v) is 6.64. The van der Waals surface area contributed by atoms with Crippen LogP contribution in [-0.4, -0.2) is 5.60 Å². The highest BCUT2D eigenvalue weighted by atomic mass is 17.2. The van der Waals surface area contributed by atoms with Crippen molar-refractivity contribution in [2.75, 3.05) is 0 Å². The van der Waals surface area contributed by atoms with E-state index < -0.39 is 5.60 Å². The Morgan fingerprint density at radius 1 is 0.737 bits per heavy atom. The molecule has 2 rings (SSSR count). The predicted molar refractivity (Wildman–Crippen MR) is 78.9 cm³/mol. The van der Waals surface area contributed by atoms with E-state index in [9.17, 15) is 0 Å². The standard InChI is InChI=1S/C17H22O2/c1-16(2,3)18-19-17(4,5)15-11-10-13-8-6-7-9-14(13)12-15/h6-12H,1-5H3. The molecule has 0 bridgehead atoms. The molecule has 0 amide bonds. The van der Waals surface area contributed by atoms with Crippen molar-refractivity contribution < 1.29 is 9.78 Å². The fourth-order valence-electron chi connectivity index (χ4n) is 1.84. The molecule has 0 aromatic heterocycles. The molecular weight excluding hydrogens is 236 g/mol. The molecule has 2 aromatic rings. The molecule has 0 saturated carbocycles. The summed E-state index contributed by atoms with van der Waals surface area (Å²) < 4.78 is 0. The Morgan fingerprint density at radius 2 is 1.37 bits per heavy atom. The molecule has 0 aliphatic rings. The minimum atomic E-state index is -0.475. The van der Waals surface area contributed by atoms with Crippen LogP contribution in [0.25, 0.3) is 10.8 Å². The average Bonchev–Trinajstić information content (AvgIpc) is 2.35. The molecule has 2 nitrogen and oxygen atoms in total. The predicted octanol–water partition coefficient (Wildman–Crippen LogP) is 4.82. The van der Waals surface area contributed by atoms with Crippen molar-refractivity contribution in [1.29, 1.82) is 0 Å². The van der Waals surface area contributed by atoms with Crippen LogP contribution in [0.15, 0.2) is 42.5 Å². The molecule has 2 aromatic carbocycles. The molecule has 0 aliphatic carbocycles. The monoisotopic (exact) mass is 258 g/mol. The van der Waals surface area contributed by atoms with E-state index in [1.165, 1.54) is 10.8 Å². The van der Waals surface area contributed by atoms with Gasteiger partial charge in [0.1, 0.15) is 5.60 Å². The first-order valence-electron chi connectivity index (χ1n) is 6.64. The van der Waals surface area contributed by atoms with E-state index in [4.69, 9.17) is 9.78 Å². The summed E-state index contributed by atoms with van der Waals surface area (Å²) in [5.41, 5.74) is 0.321. The Bertz CT molecular complexity index is 565. The summed E-state index contributed by atoms with van der Waals surface area (Å²) >= 11 is 0. The Kier molecular flexibility index (Phi) is 3.66. The molecular formula is C17H22O2. The smallest absolute Gasteiger partial charge is 0.123 e. The van der Waals surface area contributed by atoms with Crippen LogP contribution in [0.1, 0.15) is 40.2 Å². The maximum Gasteiger partial charge on any atom is 0.123 e. The Hall–Kier alpha value is -1.38. The van der Waals surface area contributed by atoms with Gasteiger partial charge in [0.25, 0.3) is 0 Å². The van der Waals surface area contributed by atoms with Crippen molar-refractivity contribution in [3.05, 3.63) is 48.0 Å². The Morgan fingerprint density at radius 3 is 2.00 bits per heavy atom. The van der Waals surface area contributed by atoms with Gasteiger partial charge in [0.2, 0.25) is 0 Å². The van der Waals surface area contributed by atoms with Gasteiger partial charge in [-0.15, -0.1) is 0 Å². The lowest BCUT2D eigenvalue weighted by atomic mass is 9.95. The van der Waals surface area contributed by atoms with E-state index >= 15 is 0 Å². The summed E-state index contributed by atoms with van der Waals surface area (Å²) in [4.78, 5) is 11.1. The summed E-state index contributed by atoms with van der Waals surface area (Å²) in [7, 11) is 0. The molecule has 0 aliphatic heterocycles. The average molecular weight is 258 g/mol. The molecule has 0 N–H and O–H groups in total. The van der Waals surface area contributed by atoms with E-state index in [0.717, 1.165) is 5.56 Å². The fourth-order valence-corrected chi connectivity index (χ4v) is 1.84. The molecule has 2 heteroatoms. The summed E-state index contributed by atoms with van der Waals surface area (Å²) in [5, 5.41) is 2.45. The van der Waals surface area contributed by atoms with Crippen molar-refractivity contribution >= 4 is 10.8 Å². The third-order valence-electron chi connectivity index (χ3n) is 2.94. The zero-order chi connectivity index (χ0) is 14.1. The topological polar surface area (TPSA) is 18.5 Å². The highest BCUT2D eigenvalue weighted by Gasteiger charge is 2.26. The van der Waals surface area contributed by atoms with Crippen LogP contribution >= 0.6 is 0 Å². The number of benzene rings is 2. The molecule has 0 heterocycles. The van der Waals surface area contributed by atoms with Gasteiger partial charge in [-0.05, 0) is 57.0 Å². The van der Waals surface area contributed by atoms with Gasteiger partial charge in [0, 0.05) is 0 Å². The maximum absolute atomic E-state index is 5.63. The van der Waals surface area contributed by atoms with Gasteiger partial charge in [0.15, 0.2) is 0 Å². The van der Waals surface area contributed by atoms with Crippen molar-refractivity contribution in [3.63, 3.8) is 0 Å². The first-order chi connectivity index (χ1) is 8.78. The van der Waals surface area contributed by atoms with Gasteiger partial charge < -0.3 is 0 Å². The minimum absolute atomic E-state index is 0.311. The van der Waals surface area contributed by atoms with Crippen molar-refractivity contribution in [3.8, 4) is 0 Å². The normalized spacial score (nSPS) is 12.9. The summed E-state index contributed by atoms with van der Waals surface area (Å²) in [6, 6.07) is 14.7. The summed E-state index contributed by atoms with van der Waals surface area (Å²) in [5.74, 6) is 0. The summed E-state index contributed by atoms with van der Waals surface area (Å²) in [6.45, 7) is 9.96. The SMILES string of the molecule is CC(C)(C)OOC(C)(C)c1ccc2ccccc2c1. The highest BCUT2D eigenvalue weighted by Crippen LogP contribution is 2.29. The van der Waals surface area contributed by atoms with Crippen LogP contribution in [0, 0.1) is 0 Å². The lowest BCUT2D eigenvalue weighted by molar-refractivity contribution is -0.401. The third-order valence-corrected chi connectivity index (χ3v) is 2.94. The van der Waals surface area contributed by atoms with E-state index in [-0.39, 0.29) is 5.60 Å².